The van der Waals surface area contributed by atoms with Crippen molar-refractivity contribution in [3.05, 3.63) is 30.1 Å². The number of nitrogens with one attached hydrogen (secondary N) is 1. The maximum Gasteiger partial charge on any atom is 0.0512 e. The smallest absolute Gasteiger partial charge is 0.0512 e. The Labute approximate surface area is 104 Å². The Morgan fingerprint density at radius 3 is 2.94 bits per heavy atom. The monoisotopic (exact) mass is 234 g/mol. The van der Waals surface area contributed by atoms with Crippen LogP contribution in [0, 0.1) is 5.92 Å². The summed E-state index contributed by atoms with van der Waals surface area (Å²) in [5, 5.41) is 3.65. The van der Waals surface area contributed by atoms with Gasteiger partial charge in [0.15, 0.2) is 0 Å². The molecule has 17 heavy (non-hydrogen) atoms. The normalized spacial score (nSPS) is 22.3. The molecule has 0 radical (unpaired) electrons. The molecule has 0 saturated carbocycles. The molecule has 0 spiro atoms. The van der Waals surface area contributed by atoms with Crippen LogP contribution in [0.25, 0.3) is 0 Å². The molecule has 2 heterocycles. The second-order valence-corrected chi connectivity index (χ2v) is 4.69. The molecule has 0 aromatic carbocycles. The molecule has 1 saturated heterocycles. The molecular formula is C14H22N2O. The Morgan fingerprint density at radius 1 is 1.47 bits per heavy atom. The van der Waals surface area contributed by atoms with E-state index < -0.39 is 0 Å². The van der Waals surface area contributed by atoms with Gasteiger partial charge in [0.1, 0.15) is 0 Å². The number of rotatable bonds is 5. The van der Waals surface area contributed by atoms with Gasteiger partial charge in [-0.25, -0.2) is 0 Å². The highest BCUT2D eigenvalue weighted by Gasteiger charge is 2.24. The van der Waals surface area contributed by atoms with E-state index in [4.69, 9.17) is 4.74 Å². The molecule has 1 aromatic heterocycles. The van der Waals surface area contributed by atoms with Gasteiger partial charge < -0.3 is 10.1 Å². The van der Waals surface area contributed by atoms with Gasteiger partial charge in [0.25, 0.3) is 0 Å². The third kappa shape index (κ3) is 3.51. The lowest BCUT2D eigenvalue weighted by molar-refractivity contribution is 0.0390. The van der Waals surface area contributed by atoms with Crippen molar-refractivity contribution in [1.29, 1.82) is 0 Å². The molecule has 2 rings (SSSR count). The van der Waals surface area contributed by atoms with Gasteiger partial charge in [-0.2, -0.15) is 0 Å². The van der Waals surface area contributed by atoms with E-state index in [1.807, 2.05) is 12.4 Å². The molecule has 3 nitrogen and oxygen atoms in total. The van der Waals surface area contributed by atoms with E-state index in [9.17, 15) is 0 Å². The van der Waals surface area contributed by atoms with E-state index in [1.165, 1.54) is 18.4 Å². The molecule has 0 bridgehead atoms. The zero-order valence-electron chi connectivity index (χ0n) is 10.6. The fraction of sp³-hybridized carbons (Fsp3) is 0.643. The predicted octanol–water partition coefficient (Wildman–Crippen LogP) is 2.55. The number of nitrogens with zero attached hydrogens (tertiary/aromatic N) is 1. The molecule has 1 fully saturated rings. The van der Waals surface area contributed by atoms with Crippen LogP contribution < -0.4 is 5.32 Å². The highest BCUT2D eigenvalue weighted by Crippen LogP contribution is 2.28. The molecule has 1 N–H and O–H groups in total. The quantitative estimate of drug-likeness (QED) is 0.850. The lowest BCUT2D eigenvalue weighted by Crippen LogP contribution is -2.33. The summed E-state index contributed by atoms with van der Waals surface area (Å²) in [5.74, 6) is 0.595. The summed E-state index contributed by atoms with van der Waals surface area (Å²) in [7, 11) is 0. The summed E-state index contributed by atoms with van der Waals surface area (Å²) in [5.41, 5.74) is 1.34. The summed E-state index contributed by atoms with van der Waals surface area (Å²) in [4.78, 5) is 4.09. The number of aromatic nitrogens is 1. The average Bonchev–Trinajstić information content (AvgIpc) is 2.42. The van der Waals surface area contributed by atoms with Crippen molar-refractivity contribution in [2.45, 2.75) is 32.2 Å². The van der Waals surface area contributed by atoms with Gasteiger partial charge in [0.2, 0.25) is 0 Å². The Kier molecular flexibility index (Phi) is 4.95. The highest BCUT2D eigenvalue weighted by molar-refractivity contribution is 5.16. The zero-order valence-corrected chi connectivity index (χ0v) is 10.6. The maximum absolute atomic E-state index is 5.61. The minimum Gasteiger partial charge on any atom is -0.381 e. The Hall–Kier alpha value is -0.930. The van der Waals surface area contributed by atoms with E-state index in [0.29, 0.717) is 12.0 Å². The average molecular weight is 234 g/mol. The van der Waals surface area contributed by atoms with Crippen LogP contribution in [0.2, 0.25) is 0 Å². The fourth-order valence-corrected chi connectivity index (χ4v) is 2.46. The lowest BCUT2D eigenvalue weighted by atomic mass is 9.89. The molecule has 1 aliphatic rings. The molecular weight excluding hydrogens is 212 g/mol. The van der Waals surface area contributed by atoms with E-state index in [-0.39, 0.29) is 0 Å². The predicted molar refractivity (Wildman–Crippen MR) is 68.8 cm³/mol. The molecule has 0 amide bonds. The standard InChI is InChI=1S/C14H22N2O/c1-2-7-16-14(12-5-8-15-9-6-12)13-4-3-10-17-11-13/h5-6,8-9,13-14,16H,2-4,7,10-11H2,1H3. The van der Waals surface area contributed by atoms with Crippen molar-refractivity contribution >= 4 is 0 Å². The van der Waals surface area contributed by atoms with Gasteiger partial charge in [-0.15, -0.1) is 0 Å². The largest absolute Gasteiger partial charge is 0.381 e. The van der Waals surface area contributed by atoms with Crippen LogP contribution in [0.3, 0.4) is 0 Å². The summed E-state index contributed by atoms with van der Waals surface area (Å²) < 4.78 is 5.61. The van der Waals surface area contributed by atoms with E-state index in [2.05, 4.69) is 29.4 Å². The number of pyridine rings is 1. The van der Waals surface area contributed by atoms with Crippen molar-refractivity contribution in [1.82, 2.24) is 10.3 Å². The molecule has 3 heteroatoms. The third-order valence-corrected chi connectivity index (χ3v) is 3.35. The first-order chi connectivity index (χ1) is 8.42. The Bertz CT molecular complexity index is 309. The van der Waals surface area contributed by atoms with Gasteiger partial charge in [-0.3, -0.25) is 4.98 Å². The second-order valence-electron chi connectivity index (χ2n) is 4.69. The first kappa shape index (κ1) is 12.5. The van der Waals surface area contributed by atoms with Crippen LogP contribution in [0.5, 0.6) is 0 Å². The molecule has 0 aliphatic carbocycles. The first-order valence-corrected chi connectivity index (χ1v) is 6.63. The van der Waals surface area contributed by atoms with E-state index in [0.717, 1.165) is 26.2 Å². The van der Waals surface area contributed by atoms with Crippen LogP contribution in [-0.4, -0.2) is 24.7 Å². The number of hydrogen-bond donors (Lipinski definition) is 1. The topological polar surface area (TPSA) is 34.2 Å². The molecule has 2 unspecified atom stereocenters. The van der Waals surface area contributed by atoms with Crippen LogP contribution >= 0.6 is 0 Å². The van der Waals surface area contributed by atoms with Crippen LogP contribution in [0.15, 0.2) is 24.5 Å². The minimum atomic E-state index is 0.415. The van der Waals surface area contributed by atoms with Gasteiger partial charge in [-0.05, 0) is 43.5 Å². The third-order valence-electron chi connectivity index (χ3n) is 3.35. The Balaban J connectivity index is 2.06. The van der Waals surface area contributed by atoms with Crippen molar-refractivity contribution in [3.8, 4) is 0 Å². The first-order valence-electron chi connectivity index (χ1n) is 6.63. The van der Waals surface area contributed by atoms with Crippen molar-refractivity contribution in [3.63, 3.8) is 0 Å². The van der Waals surface area contributed by atoms with Crippen LogP contribution in [0.1, 0.15) is 37.8 Å². The van der Waals surface area contributed by atoms with Crippen molar-refractivity contribution < 1.29 is 4.74 Å². The molecule has 2 atom stereocenters. The number of ether oxygens (including phenoxy) is 1. The summed E-state index contributed by atoms with van der Waals surface area (Å²) in [6.45, 7) is 5.06. The lowest BCUT2D eigenvalue weighted by Gasteiger charge is -2.31. The van der Waals surface area contributed by atoms with Gasteiger partial charge in [0, 0.05) is 31.0 Å². The summed E-state index contributed by atoms with van der Waals surface area (Å²) >= 11 is 0. The molecule has 1 aliphatic heterocycles. The summed E-state index contributed by atoms with van der Waals surface area (Å²) in [6, 6.07) is 4.64. The van der Waals surface area contributed by atoms with Crippen LogP contribution in [-0.2, 0) is 4.74 Å². The fourth-order valence-electron chi connectivity index (χ4n) is 2.46. The van der Waals surface area contributed by atoms with Crippen LogP contribution in [0.4, 0.5) is 0 Å². The van der Waals surface area contributed by atoms with E-state index >= 15 is 0 Å². The summed E-state index contributed by atoms with van der Waals surface area (Å²) in [6.07, 6.45) is 7.35. The van der Waals surface area contributed by atoms with Crippen molar-refractivity contribution in [2.24, 2.45) is 5.92 Å². The minimum absolute atomic E-state index is 0.415. The maximum atomic E-state index is 5.61. The SMILES string of the molecule is CCCNC(c1ccncc1)C1CCCOC1. The van der Waals surface area contributed by atoms with Crippen molar-refractivity contribution in [2.75, 3.05) is 19.8 Å². The van der Waals surface area contributed by atoms with Gasteiger partial charge in [-0.1, -0.05) is 6.92 Å². The van der Waals surface area contributed by atoms with Gasteiger partial charge >= 0.3 is 0 Å². The zero-order chi connectivity index (χ0) is 11.9. The second kappa shape index (κ2) is 6.72. The number of hydrogen-bond acceptors (Lipinski definition) is 3. The molecule has 1 aromatic rings. The van der Waals surface area contributed by atoms with E-state index in [1.54, 1.807) is 0 Å². The van der Waals surface area contributed by atoms with Gasteiger partial charge in [0.05, 0.1) is 6.61 Å². The highest BCUT2D eigenvalue weighted by atomic mass is 16.5. The molecule has 94 valence electrons. The Morgan fingerprint density at radius 2 is 2.29 bits per heavy atom.